The third kappa shape index (κ3) is 2.83. The van der Waals surface area contributed by atoms with Gasteiger partial charge in [-0.1, -0.05) is 29.3 Å². The molecule has 0 fully saturated rings. The van der Waals surface area contributed by atoms with E-state index in [0.717, 1.165) is 16.8 Å². The fourth-order valence-electron chi connectivity index (χ4n) is 2.23. The molecular weight excluding hydrogens is 222 g/mol. The van der Waals surface area contributed by atoms with Gasteiger partial charge in [0.2, 0.25) is 0 Å². The van der Waals surface area contributed by atoms with E-state index in [1.165, 1.54) is 11.1 Å². The number of rotatable bonds is 3. The zero-order chi connectivity index (χ0) is 13.1. The first-order valence-electron chi connectivity index (χ1n) is 6.08. The average Bonchev–Trinajstić information content (AvgIpc) is 2.27. The van der Waals surface area contributed by atoms with Gasteiger partial charge in [0.15, 0.2) is 5.78 Å². The fourth-order valence-corrected chi connectivity index (χ4v) is 2.23. The molecule has 2 nitrogen and oxygen atoms in total. The summed E-state index contributed by atoms with van der Waals surface area (Å²) >= 11 is 0. The van der Waals surface area contributed by atoms with Crippen LogP contribution < -0.4 is 0 Å². The van der Waals surface area contributed by atoms with Gasteiger partial charge >= 0.3 is 0 Å². The van der Waals surface area contributed by atoms with Gasteiger partial charge < -0.3 is 0 Å². The third-order valence-electron chi connectivity index (χ3n) is 2.95. The van der Waals surface area contributed by atoms with E-state index in [2.05, 4.69) is 37.0 Å². The molecule has 2 heteroatoms. The molecule has 2 rings (SSSR count). The molecule has 1 heterocycles. The lowest BCUT2D eigenvalue weighted by Gasteiger charge is -2.06. The molecule has 0 amide bonds. The molecule has 18 heavy (non-hydrogen) atoms. The molecular formula is C16H17NO. The predicted octanol–water partition coefficient (Wildman–Crippen LogP) is 3.43. The zero-order valence-corrected chi connectivity index (χ0v) is 11.0. The maximum Gasteiger partial charge on any atom is 0.169 e. The molecule has 0 bridgehead atoms. The lowest BCUT2D eigenvalue weighted by molar-refractivity contribution is 0.0992. The number of ketones is 1. The predicted molar refractivity (Wildman–Crippen MR) is 72.9 cm³/mol. The summed E-state index contributed by atoms with van der Waals surface area (Å²) in [6.45, 7) is 5.97. The molecule has 0 N–H and O–H groups in total. The van der Waals surface area contributed by atoms with E-state index in [9.17, 15) is 4.79 Å². The summed E-state index contributed by atoms with van der Waals surface area (Å²) < 4.78 is 0. The van der Waals surface area contributed by atoms with Gasteiger partial charge in [0.05, 0.1) is 0 Å². The van der Waals surface area contributed by atoms with Gasteiger partial charge in [-0.2, -0.15) is 0 Å². The fraction of sp³-hybridized carbons (Fsp3) is 0.250. The van der Waals surface area contributed by atoms with Gasteiger partial charge in [0.1, 0.15) is 0 Å². The molecule has 0 radical (unpaired) electrons. The number of hydrogen-bond acceptors (Lipinski definition) is 2. The van der Waals surface area contributed by atoms with Crippen molar-refractivity contribution in [2.45, 2.75) is 27.2 Å². The Morgan fingerprint density at radius 1 is 1.11 bits per heavy atom. The molecule has 1 aromatic heterocycles. The van der Waals surface area contributed by atoms with E-state index in [-0.39, 0.29) is 5.78 Å². The van der Waals surface area contributed by atoms with Crippen molar-refractivity contribution < 1.29 is 4.79 Å². The van der Waals surface area contributed by atoms with Crippen LogP contribution in [0.4, 0.5) is 0 Å². The van der Waals surface area contributed by atoms with Crippen molar-refractivity contribution in [1.82, 2.24) is 4.98 Å². The number of pyridine rings is 1. The highest BCUT2D eigenvalue weighted by atomic mass is 16.1. The van der Waals surface area contributed by atoms with Crippen LogP contribution >= 0.6 is 0 Å². The smallest absolute Gasteiger partial charge is 0.169 e. The Hall–Kier alpha value is -1.96. The molecule has 0 saturated heterocycles. The summed E-state index contributed by atoms with van der Waals surface area (Å²) in [6.07, 6.45) is 2.15. The van der Waals surface area contributed by atoms with Crippen molar-refractivity contribution in [1.29, 1.82) is 0 Å². The second-order valence-corrected chi connectivity index (χ2v) is 4.73. The van der Waals surface area contributed by atoms with Crippen molar-refractivity contribution in [3.05, 3.63) is 64.5 Å². The number of nitrogens with zero attached hydrogens (tertiary/aromatic N) is 1. The molecule has 2 aromatic rings. The minimum atomic E-state index is 0.130. The molecule has 0 aliphatic rings. The van der Waals surface area contributed by atoms with Gasteiger partial charge in [0, 0.05) is 23.9 Å². The highest BCUT2D eigenvalue weighted by molar-refractivity contribution is 5.98. The number of Topliss-reactive ketones (excluding diaryl/α,β-unsaturated/α-hetero) is 1. The first-order chi connectivity index (χ1) is 8.56. The number of aromatic nitrogens is 1. The van der Waals surface area contributed by atoms with E-state index in [4.69, 9.17) is 0 Å². The Morgan fingerprint density at radius 2 is 1.78 bits per heavy atom. The minimum absolute atomic E-state index is 0.130. The highest BCUT2D eigenvalue weighted by Crippen LogP contribution is 2.13. The number of carbonyl (C=O) groups is 1. The molecule has 0 saturated carbocycles. The number of hydrogen-bond donors (Lipinski definition) is 0. The molecule has 1 aromatic carbocycles. The van der Waals surface area contributed by atoms with Gasteiger partial charge in [-0.15, -0.1) is 0 Å². The van der Waals surface area contributed by atoms with Gasteiger partial charge in [-0.05, 0) is 38.5 Å². The maximum atomic E-state index is 12.2. The SMILES string of the molecule is Cc1cc(C)cc(CC(=O)c2cccnc2C)c1. The average molecular weight is 239 g/mol. The zero-order valence-electron chi connectivity index (χ0n) is 11.0. The van der Waals surface area contributed by atoms with Crippen molar-refractivity contribution in [2.24, 2.45) is 0 Å². The van der Waals surface area contributed by atoms with Crippen LogP contribution in [0.15, 0.2) is 36.5 Å². The minimum Gasteiger partial charge on any atom is -0.294 e. The van der Waals surface area contributed by atoms with E-state index in [1.807, 2.05) is 19.1 Å². The molecule has 0 aliphatic heterocycles. The van der Waals surface area contributed by atoms with Gasteiger partial charge in [-0.3, -0.25) is 9.78 Å². The molecule has 92 valence electrons. The second kappa shape index (κ2) is 5.13. The normalized spacial score (nSPS) is 10.4. The quantitative estimate of drug-likeness (QED) is 0.768. The standard InChI is InChI=1S/C16H17NO/c1-11-7-12(2)9-14(8-11)10-16(18)15-5-4-6-17-13(15)3/h4-9H,10H2,1-3H3. The molecule has 0 atom stereocenters. The first-order valence-corrected chi connectivity index (χ1v) is 6.08. The Kier molecular flexibility index (Phi) is 3.56. The van der Waals surface area contributed by atoms with Crippen molar-refractivity contribution in [3.8, 4) is 0 Å². The second-order valence-electron chi connectivity index (χ2n) is 4.73. The van der Waals surface area contributed by atoms with Crippen LogP contribution in [-0.4, -0.2) is 10.8 Å². The molecule has 0 unspecified atom stereocenters. The van der Waals surface area contributed by atoms with Crippen molar-refractivity contribution >= 4 is 5.78 Å². The van der Waals surface area contributed by atoms with Crippen molar-refractivity contribution in [2.75, 3.05) is 0 Å². The lowest BCUT2D eigenvalue weighted by Crippen LogP contribution is -2.07. The Morgan fingerprint density at radius 3 is 2.39 bits per heavy atom. The van der Waals surface area contributed by atoms with Crippen LogP contribution in [0.3, 0.4) is 0 Å². The molecule has 0 aliphatic carbocycles. The van der Waals surface area contributed by atoms with Crippen LogP contribution in [0.5, 0.6) is 0 Å². The first kappa shape index (κ1) is 12.5. The summed E-state index contributed by atoms with van der Waals surface area (Å²) in [6, 6.07) is 9.89. The Bertz CT molecular complexity index is 567. The summed E-state index contributed by atoms with van der Waals surface area (Å²) in [7, 11) is 0. The maximum absolute atomic E-state index is 12.2. The van der Waals surface area contributed by atoms with Crippen LogP contribution in [-0.2, 0) is 6.42 Å². The summed E-state index contributed by atoms with van der Waals surface area (Å²) in [5.74, 6) is 0.130. The van der Waals surface area contributed by atoms with Crippen LogP contribution in [0.2, 0.25) is 0 Å². The number of carbonyl (C=O) groups excluding carboxylic acids is 1. The monoisotopic (exact) mass is 239 g/mol. The summed E-state index contributed by atoms with van der Waals surface area (Å²) in [5, 5.41) is 0. The van der Waals surface area contributed by atoms with Crippen LogP contribution in [0.25, 0.3) is 0 Å². The van der Waals surface area contributed by atoms with Gasteiger partial charge in [0.25, 0.3) is 0 Å². The number of benzene rings is 1. The summed E-state index contributed by atoms with van der Waals surface area (Å²) in [5.41, 5.74) is 4.98. The van der Waals surface area contributed by atoms with E-state index < -0.39 is 0 Å². The van der Waals surface area contributed by atoms with Crippen LogP contribution in [0, 0.1) is 20.8 Å². The molecule has 0 spiro atoms. The number of aryl methyl sites for hydroxylation is 3. The van der Waals surface area contributed by atoms with E-state index in [0.29, 0.717) is 6.42 Å². The van der Waals surface area contributed by atoms with E-state index in [1.54, 1.807) is 6.20 Å². The van der Waals surface area contributed by atoms with Crippen molar-refractivity contribution in [3.63, 3.8) is 0 Å². The largest absolute Gasteiger partial charge is 0.294 e. The van der Waals surface area contributed by atoms with E-state index >= 15 is 0 Å². The highest BCUT2D eigenvalue weighted by Gasteiger charge is 2.10. The summed E-state index contributed by atoms with van der Waals surface area (Å²) in [4.78, 5) is 16.4. The van der Waals surface area contributed by atoms with Crippen LogP contribution in [0.1, 0.15) is 32.7 Å². The lowest BCUT2D eigenvalue weighted by atomic mass is 9.99. The Balaban J connectivity index is 2.24. The topological polar surface area (TPSA) is 30.0 Å². The third-order valence-corrected chi connectivity index (χ3v) is 2.95. The Labute approximate surface area is 108 Å². The van der Waals surface area contributed by atoms with Gasteiger partial charge in [-0.25, -0.2) is 0 Å².